The van der Waals surface area contributed by atoms with Gasteiger partial charge in [0.05, 0.1) is 7.11 Å². The summed E-state index contributed by atoms with van der Waals surface area (Å²) in [6.45, 7) is 0. The number of rotatable bonds is 5. The van der Waals surface area contributed by atoms with Crippen LogP contribution in [0.15, 0.2) is 24.3 Å². The van der Waals surface area contributed by atoms with Crippen molar-refractivity contribution in [3.63, 3.8) is 0 Å². The Balaban J connectivity index is 0.00000192. The van der Waals surface area contributed by atoms with Gasteiger partial charge < -0.3 is 15.0 Å². The second kappa shape index (κ2) is 8.02. The number of nitrogens with one attached hydrogen (secondary N) is 1. The molecule has 0 aromatic heterocycles. The second-order valence-electron chi connectivity index (χ2n) is 6.62. The smallest absolute Gasteiger partial charge is 0.222 e. The average Bonchev–Trinajstić information content (AvgIpc) is 2.90. The Morgan fingerprint density at radius 1 is 1.22 bits per heavy atom. The summed E-state index contributed by atoms with van der Waals surface area (Å²) >= 11 is 0. The first-order chi connectivity index (χ1) is 10.7. The van der Waals surface area contributed by atoms with Crippen LogP contribution in [0.2, 0.25) is 0 Å². The molecule has 1 N–H and O–H groups in total. The lowest BCUT2D eigenvalue weighted by Gasteiger charge is -2.35. The Morgan fingerprint density at radius 3 is 2.39 bits per heavy atom. The Hall–Kier alpha value is -1.26. The highest BCUT2D eigenvalue weighted by atomic mass is 35.5. The highest BCUT2D eigenvalue weighted by Gasteiger charge is 2.36. The van der Waals surface area contributed by atoms with Crippen molar-refractivity contribution < 1.29 is 9.53 Å². The number of hydrogen-bond acceptors (Lipinski definition) is 3. The van der Waals surface area contributed by atoms with E-state index in [0.29, 0.717) is 24.5 Å². The van der Waals surface area contributed by atoms with E-state index in [2.05, 4.69) is 5.32 Å². The molecule has 23 heavy (non-hydrogen) atoms. The molecule has 1 aromatic rings. The third-order valence-electron chi connectivity index (χ3n) is 5.18. The van der Waals surface area contributed by atoms with Gasteiger partial charge in [0.15, 0.2) is 0 Å². The lowest BCUT2D eigenvalue weighted by molar-refractivity contribution is -0.132. The quantitative estimate of drug-likeness (QED) is 0.897. The molecule has 0 radical (unpaired) electrons. The molecule has 2 saturated heterocycles. The zero-order valence-electron chi connectivity index (χ0n) is 14.0. The molecule has 2 heterocycles. The van der Waals surface area contributed by atoms with Gasteiger partial charge in [0.2, 0.25) is 5.91 Å². The molecule has 5 heteroatoms. The number of piperidine rings is 1. The van der Waals surface area contributed by atoms with Crippen molar-refractivity contribution in [2.75, 3.05) is 14.2 Å². The van der Waals surface area contributed by atoms with Crippen molar-refractivity contribution in [2.24, 2.45) is 0 Å². The highest BCUT2D eigenvalue weighted by Crippen LogP contribution is 2.29. The monoisotopic (exact) mass is 338 g/mol. The van der Waals surface area contributed by atoms with Crippen molar-refractivity contribution in [3.8, 4) is 5.75 Å². The average molecular weight is 339 g/mol. The lowest BCUT2D eigenvalue weighted by atomic mass is 9.98. The summed E-state index contributed by atoms with van der Waals surface area (Å²) in [5.41, 5.74) is 1.19. The van der Waals surface area contributed by atoms with Crippen LogP contribution in [0.4, 0.5) is 0 Å². The molecule has 1 amide bonds. The fourth-order valence-electron chi connectivity index (χ4n) is 3.77. The van der Waals surface area contributed by atoms with E-state index in [4.69, 9.17) is 4.74 Å². The predicted molar refractivity (Wildman–Crippen MR) is 94.3 cm³/mol. The van der Waals surface area contributed by atoms with Gasteiger partial charge >= 0.3 is 0 Å². The fraction of sp³-hybridized carbons (Fsp3) is 0.611. The molecule has 3 rings (SSSR count). The molecular weight excluding hydrogens is 312 g/mol. The number of ether oxygens (including phenoxy) is 1. The highest BCUT2D eigenvalue weighted by molar-refractivity contribution is 5.85. The molecule has 2 aliphatic heterocycles. The summed E-state index contributed by atoms with van der Waals surface area (Å²) < 4.78 is 5.16. The Labute approximate surface area is 145 Å². The summed E-state index contributed by atoms with van der Waals surface area (Å²) in [4.78, 5) is 14.4. The van der Waals surface area contributed by atoms with Crippen molar-refractivity contribution in [1.82, 2.24) is 10.2 Å². The van der Waals surface area contributed by atoms with Crippen molar-refractivity contribution in [1.29, 1.82) is 0 Å². The van der Waals surface area contributed by atoms with Crippen molar-refractivity contribution in [2.45, 2.75) is 56.7 Å². The molecule has 2 atom stereocenters. The van der Waals surface area contributed by atoms with Crippen LogP contribution in [-0.4, -0.2) is 43.1 Å². The van der Waals surface area contributed by atoms with Gasteiger partial charge in [0, 0.05) is 31.6 Å². The van der Waals surface area contributed by atoms with E-state index >= 15 is 0 Å². The topological polar surface area (TPSA) is 41.6 Å². The third-order valence-corrected chi connectivity index (χ3v) is 5.18. The van der Waals surface area contributed by atoms with Crippen molar-refractivity contribution >= 4 is 18.3 Å². The van der Waals surface area contributed by atoms with Crippen LogP contribution < -0.4 is 10.1 Å². The van der Waals surface area contributed by atoms with E-state index in [1.807, 2.05) is 36.2 Å². The number of hydrogen-bond donors (Lipinski definition) is 1. The normalized spacial score (nSPS) is 25.6. The van der Waals surface area contributed by atoms with E-state index in [-0.39, 0.29) is 18.3 Å². The van der Waals surface area contributed by atoms with Crippen LogP contribution in [0.3, 0.4) is 0 Å². The van der Waals surface area contributed by atoms with Crippen LogP contribution in [0.25, 0.3) is 0 Å². The summed E-state index contributed by atoms with van der Waals surface area (Å²) in [6.07, 6.45) is 6.15. The number of nitrogens with zero attached hydrogens (tertiary/aromatic N) is 1. The standard InChI is InChI=1S/C18H26N2O2.ClH/c1-20(16-11-14-6-7-15(12-16)19-14)18(21)10-5-13-3-8-17(22-2)9-4-13;/h3-4,8-9,14-16,19H,5-7,10-12H2,1-2H3;1H. The van der Waals surface area contributed by atoms with E-state index in [0.717, 1.165) is 25.0 Å². The fourth-order valence-corrected chi connectivity index (χ4v) is 3.77. The molecule has 0 aliphatic carbocycles. The number of fused-ring (bicyclic) bond motifs is 2. The van der Waals surface area contributed by atoms with Crippen LogP contribution >= 0.6 is 12.4 Å². The summed E-state index contributed by atoms with van der Waals surface area (Å²) in [5, 5.41) is 3.63. The summed E-state index contributed by atoms with van der Waals surface area (Å²) in [7, 11) is 3.64. The number of aryl methyl sites for hydroxylation is 1. The molecule has 2 unspecified atom stereocenters. The largest absolute Gasteiger partial charge is 0.497 e. The minimum atomic E-state index is 0. The van der Waals surface area contributed by atoms with Crippen LogP contribution in [-0.2, 0) is 11.2 Å². The van der Waals surface area contributed by atoms with E-state index in [9.17, 15) is 4.79 Å². The van der Waals surface area contributed by atoms with Gasteiger partial charge in [-0.1, -0.05) is 12.1 Å². The first-order valence-corrected chi connectivity index (χ1v) is 8.30. The number of benzene rings is 1. The summed E-state index contributed by atoms with van der Waals surface area (Å²) in [6, 6.07) is 9.65. The maximum absolute atomic E-state index is 12.5. The first kappa shape index (κ1) is 18.1. The van der Waals surface area contributed by atoms with Crippen LogP contribution in [0, 0.1) is 0 Å². The van der Waals surface area contributed by atoms with E-state index < -0.39 is 0 Å². The third kappa shape index (κ3) is 4.39. The van der Waals surface area contributed by atoms with Gasteiger partial charge in [-0.05, 0) is 49.8 Å². The maximum atomic E-state index is 12.5. The zero-order valence-corrected chi connectivity index (χ0v) is 14.8. The molecule has 2 bridgehead atoms. The molecular formula is C18H27ClN2O2. The van der Waals surface area contributed by atoms with Gasteiger partial charge in [0.25, 0.3) is 0 Å². The molecule has 4 nitrogen and oxygen atoms in total. The van der Waals surface area contributed by atoms with Crippen LogP contribution in [0.1, 0.15) is 37.7 Å². The van der Waals surface area contributed by atoms with Gasteiger partial charge in [-0.25, -0.2) is 0 Å². The molecule has 2 fully saturated rings. The molecule has 1 aromatic carbocycles. The van der Waals surface area contributed by atoms with Crippen molar-refractivity contribution in [3.05, 3.63) is 29.8 Å². The molecule has 0 spiro atoms. The number of halogens is 1. The number of methoxy groups -OCH3 is 1. The Morgan fingerprint density at radius 2 is 1.83 bits per heavy atom. The van der Waals surface area contributed by atoms with Gasteiger partial charge in [-0.15, -0.1) is 12.4 Å². The number of carbonyl (C=O) groups excluding carboxylic acids is 1. The van der Waals surface area contributed by atoms with E-state index in [1.54, 1.807) is 7.11 Å². The van der Waals surface area contributed by atoms with Gasteiger partial charge in [0.1, 0.15) is 5.75 Å². The minimum absolute atomic E-state index is 0. The van der Waals surface area contributed by atoms with Crippen LogP contribution in [0.5, 0.6) is 5.75 Å². The molecule has 2 aliphatic rings. The Bertz CT molecular complexity index is 508. The number of amides is 1. The molecule has 128 valence electrons. The summed E-state index contributed by atoms with van der Waals surface area (Å²) in [5.74, 6) is 1.12. The lowest BCUT2D eigenvalue weighted by Crippen LogP contribution is -2.48. The van der Waals surface area contributed by atoms with E-state index in [1.165, 1.54) is 18.4 Å². The molecule has 0 saturated carbocycles. The SMILES string of the molecule is COc1ccc(CCC(=O)N(C)C2CC3CCC(C2)N3)cc1.Cl. The van der Waals surface area contributed by atoms with Gasteiger partial charge in [-0.2, -0.15) is 0 Å². The number of carbonyl (C=O) groups is 1. The van der Waals surface area contributed by atoms with Gasteiger partial charge in [-0.3, -0.25) is 4.79 Å². The zero-order chi connectivity index (χ0) is 15.5. The minimum Gasteiger partial charge on any atom is -0.497 e. The first-order valence-electron chi connectivity index (χ1n) is 8.30. The maximum Gasteiger partial charge on any atom is 0.222 e. The second-order valence-corrected chi connectivity index (χ2v) is 6.62. The Kier molecular flexibility index (Phi) is 6.31. The predicted octanol–water partition coefficient (Wildman–Crippen LogP) is 2.79.